The van der Waals surface area contributed by atoms with E-state index in [0.717, 1.165) is 6.42 Å². The van der Waals surface area contributed by atoms with E-state index in [1.807, 2.05) is 0 Å². The van der Waals surface area contributed by atoms with E-state index in [0.29, 0.717) is 30.9 Å². The van der Waals surface area contributed by atoms with Crippen LogP contribution in [-0.2, 0) is 9.53 Å². The molecule has 0 spiro atoms. The maximum absolute atomic E-state index is 11.5. The third-order valence-electron chi connectivity index (χ3n) is 4.20. The number of esters is 1. The molecule has 0 aromatic rings. The van der Waals surface area contributed by atoms with Crippen molar-refractivity contribution in [3.8, 4) is 0 Å². The van der Waals surface area contributed by atoms with Gasteiger partial charge >= 0.3 is 5.97 Å². The van der Waals surface area contributed by atoms with E-state index >= 15 is 0 Å². The summed E-state index contributed by atoms with van der Waals surface area (Å²) in [7, 11) is 0. The zero-order chi connectivity index (χ0) is 12.8. The summed E-state index contributed by atoms with van der Waals surface area (Å²) in [6.07, 6.45) is 7.59. The molecular formula is C14H24ClNO2. The molecule has 3 nitrogen and oxygen atoms in total. The Labute approximate surface area is 115 Å². The SMILES string of the molecule is O=C(CCCCl)OC[C@@H]1CCCN2CCCC[C@H]12. The highest BCUT2D eigenvalue weighted by Gasteiger charge is 2.33. The molecule has 4 heteroatoms. The summed E-state index contributed by atoms with van der Waals surface area (Å²) >= 11 is 5.57. The van der Waals surface area contributed by atoms with Crippen LogP contribution in [0.15, 0.2) is 0 Å². The van der Waals surface area contributed by atoms with Gasteiger partial charge in [0.25, 0.3) is 0 Å². The monoisotopic (exact) mass is 273 g/mol. The molecule has 0 aromatic heterocycles. The Bertz CT molecular complexity index is 271. The Balaban J connectivity index is 1.75. The van der Waals surface area contributed by atoms with E-state index in [1.165, 1.54) is 45.2 Å². The fraction of sp³-hybridized carbons (Fsp3) is 0.929. The summed E-state index contributed by atoms with van der Waals surface area (Å²) in [5.41, 5.74) is 0. The van der Waals surface area contributed by atoms with Crippen LogP contribution in [0.2, 0.25) is 0 Å². The minimum absolute atomic E-state index is 0.0800. The lowest BCUT2D eigenvalue weighted by Crippen LogP contribution is -2.49. The molecule has 0 radical (unpaired) electrons. The van der Waals surface area contributed by atoms with Gasteiger partial charge in [-0.25, -0.2) is 0 Å². The first kappa shape index (κ1) is 14.1. The van der Waals surface area contributed by atoms with Crippen LogP contribution in [0.5, 0.6) is 0 Å². The van der Waals surface area contributed by atoms with E-state index in [-0.39, 0.29) is 5.97 Å². The van der Waals surface area contributed by atoms with Crippen LogP contribution in [0.3, 0.4) is 0 Å². The van der Waals surface area contributed by atoms with Crippen LogP contribution >= 0.6 is 11.6 Å². The Kier molecular flexibility index (Phi) is 5.77. The molecule has 0 bridgehead atoms. The zero-order valence-electron chi connectivity index (χ0n) is 11.1. The third-order valence-corrected chi connectivity index (χ3v) is 4.47. The maximum atomic E-state index is 11.5. The number of hydrogen-bond donors (Lipinski definition) is 0. The number of carbonyl (C=O) groups is 1. The number of halogens is 1. The number of piperidine rings is 2. The van der Waals surface area contributed by atoms with Gasteiger partial charge in [-0.15, -0.1) is 11.6 Å². The van der Waals surface area contributed by atoms with Crippen molar-refractivity contribution in [2.24, 2.45) is 5.92 Å². The van der Waals surface area contributed by atoms with Gasteiger partial charge in [-0.1, -0.05) is 6.42 Å². The lowest BCUT2D eigenvalue weighted by Gasteiger charge is -2.44. The standard InChI is InChI=1S/C14H24ClNO2/c15-8-3-7-14(17)18-11-12-5-4-10-16-9-2-1-6-13(12)16/h12-13H,1-11H2/t12-,13+/m0/s1. The number of nitrogens with zero attached hydrogens (tertiary/aromatic N) is 1. The number of ether oxygens (including phenoxy) is 1. The molecule has 2 aliphatic rings. The van der Waals surface area contributed by atoms with Gasteiger partial charge < -0.3 is 4.74 Å². The Morgan fingerprint density at radius 3 is 2.89 bits per heavy atom. The molecule has 2 fully saturated rings. The molecule has 0 saturated carbocycles. The summed E-state index contributed by atoms with van der Waals surface area (Å²) in [5.74, 6) is 1.01. The van der Waals surface area contributed by atoms with Gasteiger partial charge in [0.15, 0.2) is 0 Å². The second-order valence-corrected chi connectivity index (χ2v) is 5.85. The molecule has 0 aromatic carbocycles. The minimum Gasteiger partial charge on any atom is -0.465 e. The van der Waals surface area contributed by atoms with Crippen molar-refractivity contribution in [1.29, 1.82) is 0 Å². The molecule has 2 heterocycles. The fourth-order valence-corrected chi connectivity index (χ4v) is 3.39. The first-order chi connectivity index (χ1) is 8.81. The number of fused-ring (bicyclic) bond motifs is 1. The average molecular weight is 274 g/mol. The highest BCUT2D eigenvalue weighted by atomic mass is 35.5. The summed E-state index contributed by atoms with van der Waals surface area (Å²) < 4.78 is 5.41. The number of alkyl halides is 1. The lowest BCUT2D eigenvalue weighted by molar-refractivity contribution is -0.146. The van der Waals surface area contributed by atoms with Crippen LogP contribution in [0, 0.1) is 5.92 Å². The first-order valence-electron chi connectivity index (χ1n) is 7.27. The van der Waals surface area contributed by atoms with E-state index < -0.39 is 0 Å². The second kappa shape index (κ2) is 7.34. The average Bonchev–Trinajstić information content (AvgIpc) is 2.42. The van der Waals surface area contributed by atoms with Crippen LogP contribution < -0.4 is 0 Å². The predicted octanol–water partition coefficient (Wildman–Crippen LogP) is 2.81. The Morgan fingerprint density at radius 2 is 2.06 bits per heavy atom. The smallest absolute Gasteiger partial charge is 0.305 e. The zero-order valence-corrected chi connectivity index (χ0v) is 11.8. The molecule has 18 heavy (non-hydrogen) atoms. The van der Waals surface area contributed by atoms with E-state index in [9.17, 15) is 4.79 Å². The summed E-state index contributed by atoms with van der Waals surface area (Å²) in [6, 6.07) is 0.660. The van der Waals surface area contributed by atoms with Gasteiger partial charge in [0, 0.05) is 24.3 Å². The van der Waals surface area contributed by atoms with Crippen molar-refractivity contribution in [3.05, 3.63) is 0 Å². The molecule has 2 rings (SSSR count). The molecule has 2 saturated heterocycles. The maximum Gasteiger partial charge on any atom is 0.305 e. The van der Waals surface area contributed by atoms with E-state index in [4.69, 9.17) is 16.3 Å². The summed E-state index contributed by atoms with van der Waals surface area (Å²) in [6.45, 7) is 3.09. The van der Waals surface area contributed by atoms with Crippen LogP contribution in [0.25, 0.3) is 0 Å². The normalized spacial score (nSPS) is 28.7. The van der Waals surface area contributed by atoms with Crippen molar-refractivity contribution in [3.63, 3.8) is 0 Å². The van der Waals surface area contributed by atoms with Crippen molar-refractivity contribution in [2.45, 2.75) is 51.0 Å². The van der Waals surface area contributed by atoms with E-state index in [2.05, 4.69) is 4.90 Å². The minimum atomic E-state index is -0.0800. The van der Waals surface area contributed by atoms with Crippen molar-refractivity contribution >= 4 is 17.6 Å². The first-order valence-corrected chi connectivity index (χ1v) is 7.80. The predicted molar refractivity (Wildman–Crippen MR) is 72.8 cm³/mol. The molecule has 0 unspecified atom stereocenters. The molecule has 0 aliphatic carbocycles. The number of carbonyl (C=O) groups excluding carboxylic acids is 1. The largest absolute Gasteiger partial charge is 0.465 e. The van der Waals surface area contributed by atoms with Gasteiger partial charge in [-0.05, 0) is 45.2 Å². The molecule has 2 atom stereocenters. The third kappa shape index (κ3) is 3.86. The summed E-state index contributed by atoms with van der Waals surface area (Å²) in [4.78, 5) is 14.1. The quantitative estimate of drug-likeness (QED) is 0.570. The van der Waals surface area contributed by atoms with Crippen molar-refractivity contribution in [2.75, 3.05) is 25.6 Å². The van der Waals surface area contributed by atoms with Crippen LogP contribution in [0.1, 0.15) is 44.9 Å². The molecule has 104 valence electrons. The second-order valence-electron chi connectivity index (χ2n) is 5.48. The van der Waals surface area contributed by atoms with Crippen LogP contribution in [0.4, 0.5) is 0 Å². The summed E-state index contributed by atoms with van der Waals surface area (Å²) in [5, 5.41) is 0. The highest BCUT2D eigenvalue weighted by molar-refractivity contribution is 6.17. The fourth-order valence-electron chi connectivity index (χ4n) is 3.25. The lowest BCUT2D eigenvalue weighted by atomic mass is 9.84. The topological polar surface area (TPSA) is 29.5 Å². The Morgan fingerprint density at radius 1 is 1.22 bits per heavy atom. The van der Waals surface area contributed by atoms with Gasteiger partial charge in [-0.2, -0.15) is 0 Å². The molecular weight excluding hydrogens is 250 g/mol. The van der Waals surface area contributed by atoms with E-state index in [1.54, 1.807) is 0 Å². The van der Waals surface area contributed by atoms with Crippen LogP contribution in [-0.4, -0.2) is 42.5 Å². The number of hydrogen-bond acceptors (Lipinski definition) is 3. The highest BCUT2D eigenvalue weighted by Crippen LogP contribution is 2.30. The van der Waals surface area contributed by atoms with Crippen molar-refractivity contribution in [1.82, 2.24) is 4.90 Å². The molecule has 0 N–H and O–H groups in total. The Hall–Kier alpha value is -0.280. The van der Waals surface area contributed by atoms with Gasteiger partial charge in [0.05, 0.1) is 6.61 Å². The van der Waals surface area contributed by atoms with Gasteiger partial charge in [0.1, 0.15) is 0 Å². The van der Waals surface area contributed by atoms with Crippen molar-refractivity contribution < 1.29 is 9.53 Å². The van der Waals surface area contributed by atoms with Gasteiger partial charge in [-0.3, -0.25) is 9.69 Å². The number of rotatable bonds is 5. The molecule has 0 amide bonds. The molecule has 2 aliphatic heterocycles. The van der Waals surface area contributed by atoms with Gasteiger partial charge in [0.2, 0.25) is 0 Å².